The van der Waals surface area contributed by atoms with Crippen LogP contribution in [-0.2, 0) is 9.53 Å². The topological polar surface area (TPSA) is 76.4 Å². The Labute approximate surface area is 126 Å². The minimum Gasteiger partial charge on any atom is -0.375 e. The highest BCUT2D eigenvalue weighted by atomic mass is 19.4. The Morgan fingerprint density at radius 3 is 2.55 bits per heavy atom. The Bertz CT molecular complexity index is 522. The lowest BCUT2D eigenvalue weighted by molar-refractivity contribution is -0.126. The first-order chi connectivity index (χ1) is 10.4. The van der Waals surface area contributed by atoms with Crippen molar-refractivity contribution in [3.05, 3.63) is 24.3 Å². The highest BCUT2D eigenvalue weighted by molar-refractivity contribution is 5.97. The van der Waals surface area contributed by atoms with Crippen molar-refractivity contribution in [3.63, 3.8) is 0 Å². The van der Waals surface area contributed by atoms with Crippen LogP contribution in [0.1, 0.15) is 12.8 Å². The minimum absolute atomic E-state index is 0.144. The van der Waals surface area contributed by atoms with Crippen LogP contribution in [0.4, 0.5) is 24.5 Å². The molecule has 8 heteroatoms. The molecule has 1 heterocycles. The molecular formula is C14H18F3N3O2. The summed E-state index contributed by atoms with van der Waals surface area (Å²) in [6, 6.07) is 6.23. The largest absolute Gasteiger partial charge is 0.405 e. The lowest BCUT2D eigenvalue weighted by atomic mass is 10.2. The number of nitrogens with two attached hydrogens (primary N) is 1. The van der Waals surface area contributed by atoms with Gasteiger partial charge in [-0.1, -0.05) is 12.1 Å². The zero-order valence-electron chi connectivity index (χ0n) is 11.8. The van der Waals surface area contributed by atoms with Gasteiger partial charge in [-0.2, -0.15) is 13.2 Å². The predicted octanol–water partition coefficient (Wildman–Crippen LogP) is 2.11. The predicted molar refractivity (Wildman–Crippen MR) is 76.6 cm³/mol. The quantitative estimate of drug-likeness (QED) is 0.777. The molecule has 0 spiro atoms. The third kappa shape index (κ3) is 4.60. The zero-order chi connectivity index (χ0) is 16.2. The van der Waals surface area contributed by atoms with Gasteiger partial charge in [-0.15, -0.1) is 0 Å². The van der Waals surface area contributed by atoms with E-state index in [0.717, 1.165) is 0 Å². The Morgan fingerprint density at radius 2 is 1.95 bits per heavy atom. The molecule has 4 N–H and O–H groups in total. The Hall–Kier alpha value is -1.80. The number of hydrogen-bond donors (Lipinski definition) is 3. The zero-order valence-corrected chi connectivity index (χ0v) is 11.8. The van der Waals surface area contributed by atoms with Crippen LogP contribution in [0, 0.1) is 0 Å². The number of hydrogen-bond acceptors (Lipinski definition) is 4. The number of nitrogens with one attached hydrogen (secondary N) is 2. The highest BCUT2D eigenvalue weighted by Crippen LogP contribution is 2.25. The van der Waals surface area contributed by atoms with Gasteiger partial charge in [0.15, 0.2) is 0 Å². The van der Waals surface area contributed by atoms with E-state index in [4.69, 9.17) is 10.5 Å². The second-order valence-corrected chi connectivity index (χ2v) is 5.06. The normalized spacial score (nSPS) is 21.6. The molecule has 0 unspecified atom stereocenters. The summed E-state index contributed by atoms with van der Waals surface area (Å²) in [6.07, 6.45) is -3.85. The van der Waals surface area contributed by atoms with Gasteiger partial charge < -0.3 is 21.1 Å². The Kier molecular flexibility index (Phi) is 5.25. The van der Waals surface area contributed by atoms with E-state index in [-0.39, 0.29) is 23.4 Å². The van der Waals surface area contributed by atoms with Crippen LogP contribution in [0.25, 0.3) is 0 Å². The van der Waals surface area contributed by atoms with Crippen LogP contribution >= 0.6 is 0 Å². The molecule has 0 aromatic heterocycles. The minimum atomic E-state index is -4.33. The van der Waals surface area contributed by atoms with E-state index in [1.807, 2.05) is 0 Å². The first-order valence-corrected chi connectivity index (χ1v) is 6.95. The first kappa shape index (κ1) is 16.6. The van der Waals surface area contributed by atoms with Crippen molar-refractivity contribution in [3.8, 4) is 0 Å². The third-order valence-corrected chi connectivity index (χ3v) is 3.33. The maximum Gasteiger partial charge on any atom is 0.405 e. The van der Waals surface area contributed by atoms with Crippen molar-refractivity contribution in [2.24, 2.45) is 5.73 Å². The molecule has 1 aliphatic rings. The fourth-order valence-electron chi connectivity index (χ4n) is 2.23. The summed E-state index contributed by atoms with van der Waals surface area (Å²) in [7, 11) is 0. The number of amides is 1. The number of alkyl halides is 3. The van der Waals surface area contributed by atoms with Crippen LogP contribution in [0.15, 0.2) is 24.3 Å². The number of anilines is 2. The van der Waals surface area contributed by atoms with Crippen molar-refractivity contribution in [1.82, 2.24) is 0 Å². The average molecular weight is 317 g/mol. The van der Waals surface area contributed by atoms with Crippen molar-refractivity contribution < 1.29 is 22.7 Å². The van der Waals surface area contributed by atoms with Gasteiger partial charge in [0.05, 0.1) is 17.5 Å². The van der Waals surface area contributed by atoms with E-state index in [9.17, 15) is 18.0 Å². The summed E-state index contributed by atoms with van der Waals surface area (Å²) >= 11 is 0. The molecule has 1 amide bonds. The maximum absolute atomic E-state index is 12.3. The molecular weight excluding hydrogens is 299 g/mol. The molecule has 0 saturated carbocycles. The summed E-state index contributed by atoms with van der Waals surface area (Å²) in [5, 5.41) is 4.87. The number of ether oxygens (including phenoxy) is 1. The van der Waals surface area contributed by atoms with Gasteiger partial charge in [-0.05, 0) is 25.0 Å². The van der Waals surface area contributed by atoms with Gasteiger partial charge in [-0.3, -0.25) is 4.79 Å². The SMILES string of the molecule is NC[C@H]1CC[C@@H](C(=O)Nc2ccccc2NCC(F)(F)F)O1. The van der Waals surface area contributed by atoms with Crippen LogP contribution in [-0.4, -0.2) is 37.4 Å². The Morgan fingerprint density at radius 1 is 1.27 bits per heavy atom. The molecule has 2 atom stereocenters. The second kappa shape index (κ2) is 6.97. The molecule has 0 radical (unpaired) electrons. The molecule has 1 saturated heterocycles. The fraction of sp³-hybridized carbons (Fsp3) is 0.500. The summed E-state index contributed by atoms with van der Waals surface area (Å²) in [6.45, 7) is -0.831. The molecule has 122 valence electrons. The lowest BCUT2D eigenvalue weighted by Gasteiger charge is -2.16. The Balaban J connectivity index is 1.99. The van der Waals surface area contributed by atoms with Crippen LogP contribution in [0.3, 0.4) is 0 Å². The number of carbonyl (C=O) groups excluding carboxylic acids is 1. The van der Waals surface area contributed by atoms with Crippen LogP contribution < -0.4 is 16.4 Å². The number of halogens is 3. The number of rotatable bonds is 5. The van der Waals surface area contributed by atoms with Crippen molar-refractivity contribution in [2.45, 2.75) is 31.2 Å². The van der Waals surface area contributed by atoms with E-state index in [0.29, 0.717) is 19.4 Å². The fourth-order valence-corrected chi connectivity index (χ4v) is 2.23. The van der Waals surface area contributed by atoms with E-state index < -0.39 is 18.8 Å². The average Bonchev–Trinajstić information content (AvgIpc) is 2.94. The molecule has 2 rings (SSSR count). The highest BCUT2D eigenvalue weighted by Gasteiger charge is 2.30. The molecule has 0 bridgehead atoms. The van der Waals surface area contributed by atoms with Gasteiger partial charge in [0, 0.05) is 6.54 Å². The molecule has 1 aromatic rings. The van der Waals surface area contributed by atoms with E-state index >= 15 is 0 Å². The van der Waals surface area contributed by atoms with E-state index in [1.54, 1.807) is 12.1 Å². The summed E-state index contributed by atoms with van der Waals surface area (Å²) in [5.74, 6) is -0.378. The number of carbonyl (C=O) groups is 1. The van der Waals surface area contributed by atoms with Gasteiger partial charge in [0.2, 0.25) is 0 Å². The monoisotopic (exact) mass is 317 g/mol. The number of para-hydroxylation sites is 2. The number of benzene rings is 1. The van der Waals surface area contributed by atoms with Crippen LogP contribution in [0.2, 0.25) is 0 Å². The summed E-state index contributed by atoms with van der Waals surface area (Å²) < 4.78 is 42.3. The van der Waals surface area contributed by atoms with E-state index in [2.05, 4.69) is 10.6 Å². The van der Waals surface area contributed by atoms with Gasteiger partial charge >= 0.3 is 6.18 Å². The molecule has 1 aliphatic heterocycles. The van der Waals surface area contributed by atoms with Gasteiger partial charge in [0.1, 0.15) is 12.6 Å². The second-order valence-electron chi connectivity index (χ2n) is 5.06. The third-order valence-electron chi connectivity index (χ3n) is 3.33. The smallest absolute Gasteiger partial charge is 0.375 e. The molecule has 5 nitrogen and oxygen atoms in total. The summed E-state index contributed by atoms with van der Waals surface area (Å²) in [5.41, 5.74) is 5.98. The first-order valence-electron chi connectivity index (χ1n) is 6.95. The van der Waals surface area contributed by atoms with Gasteiger partial charge in [-0.25, -0.2) is 0 Å². The van der Waals surface area contributed by atoms with Crippen molar-refractivity contribution in [2.75, 3.05) is 23.7 Å². The van der Waals surface area contributed by atoms with Gasteiger partial charge in [0.25, 0.3) is 5.91 Å². The van der Waals surface area contributed by atoms with Crippen molar-refractivity contribution >= 4 is 17.3 Å². The molecule has 0 aliphatic carbocycles. The molecule has 22 heavy (non-hydrogen) atoms. The van der Waals surface area contributed by atoms with Crippen LogP contribution in [0.5, 0.6) is 0 Å². The standard InChI is InChI=1S/C14H18F3N3O2/c15-14(16,17)8-19-10-3-1-2-4-11(10)20-13(21)12-6-5-9(7-18)22-12/h1-4,9,12,19H,5-8,18H2,(H,20,21)/t9-,12+/m1/s1. The summed E-state index contributed by atoms with van der Waals surface area (Å²) in [4.78, 5) is 12.1. The van der Waals surface area contributed by atoms with E-state index in [1.165, 1.54) is 12.1 Å². The lowest BCUT2D eigenvalue weighted by Crippen LogP contribution is -2.30. The maximum atomic E-state index is 12.3. The molecule has 1 aromatic carbocycles. The van der Waals surface area contributed by atoms with Crippen molar-refractivity contribution in [1.29, 1.82) is 0 Å². The molecule has 1 fully saturated rings.